The Morgan fingerprint density at radius 2 is 2.14 bits per heavy atom. The highest BCUT2D eigenvalue weighted by Crippen LogP contribution is 2.54. The molecule has 4 heteroatoms. The molecule has 0 aromatic heterocycles. The largest absolute Gasteiger partial charge is 0.465 e. The molecule has 22 heavy (non-hydrogen) atoms. The number of fused-ring (bicyclic) bond motifs is 1. The van der Waals surface area contributed by atoms with Crippen LogP contribution in [-0.4, -0.2) is 18.5 Å². The lowest BCUT2D eigenvalue weighted by Gasteiger charge is -2.42. The van der Waals surface area contributed by atoms with Gasteiger partial charge in [-0.1, -0.05) is 43.0 Å². The molecule has 0 saturated carbocycles. The topological polar surface area (TPSA) is 55.4 Å². The summed E-state index contributed by atoms with van der Waals surface area (Å²) in [5.74, 6) is -0.883. The summed E-state index contributed by atoms with van der Waals surface area (Å²) < 4.78 is 5.35. The predicted molar refractivity (Wildman–Crippen MR) is 82.8 cm³/mol. The molecule has 1 aromatic rings. The van der Waals surface area contributed by atoms with Crippen LogP contribution in [-0.2, 0) is 14.3 Å². The lowest BCUT2D eigenvalue weighted by Crippen LogP contribution is -2.50. The second kappa shape index (κ2) is 5.44. The van der Waals surface area contributed by atoms with E-state index in [1.807, 2.05) is 36.4 Å². The summed E-state index contributed by atoms with van der Waals surface area (Å²) in [5, 5.41) is 2.83. The number of ether oxygens (including phenoxy) is 1. The van der Waals surface area contributed by atoms with Crippen LogP contribution in [0.5, 0.6) is 0 Å². The Labute approximate surface area is 129 Å². The van der Waals surface area contributed by atoms with Crippen molar-refractivity contribution in [1.29, 1.82) is 0 Å². The fourth-order valence-corrected chi connectivity index (χ4v) is 3.58. The minimum absolute atomic E-state index is 0.220. The van der Waals surface area contributed by atoms with Gasteiger partial charge in [0.1, 0.15) is 5.41 Å². The molecule has 3 rings (SSSR count). The maximum absolute atomic E-state index is 12.8. The summed E-state index contributed by atoms with van der Waals surface area (Å²) in [6.45, 7) is 6.06. The quantitative estimate of drug-likeness (QED) is 0.689. The maximum atomic E-state index is 12.8. The number of piperidine rings is 1. The van der Waals surface area contributed by atoms with Gasteiger partial charge in [-0.05, 0) is 25.3 Å². The van der Waals surface area contributed by atoms with E-state index in [0.29, 0.717) is 24.3 Å². The molecule has 1 amide bonds. The van der Waals surface area contributed by atoms with Gasteiger partial charge in [0.15, 0.2) is 0 Å². The molecular formula is C18H19NO3. The second-order valence-electron chi connectivity index (χ2n) is 5.67. The monoisotopic (exact) mass is 297 g/mol. The van der Waals surface area contributed by atoms with Crippen molar-refractivity contribution in [2.45, 2.75) is 25.7 Å². The number of benzene rings is 1. The first-order valence-electron chi connectivity index (χ1n) is 7.54. The Balaban J connectivity index is 2.16. The SMILES string of the molecule is C=C1C(=O)NC2=CCC[C@@]2(C(=O)OCC)[C@@H]1c1ccccc1. The van der Waals surface area contributed by atoms with Gasteiger partial charge in [-0.15, -0.1) is 0 Å². The van der Waals surface area contributed by atoms with E-state index in [4.69, 9.17) is 4.74 Å². The average molecular weight is 297 g/mol. The molecule has 1 aliphatic heterocycles. The summed E-state index contributed by atoms with van der Waals surface area (Å²) >= 11 is 0. The summed E-state index contributed by atoms with van der Waals surface area (Å²) in [7, 11) is 0. The predicted octanol–water partition coefficient (Wildman–Crippen LogP) is 2.68. The van der Waals surface area contributed by atoms with Crippen LogP contribution in [0.3, 0.4) is 0 Å². The van der Waals surface area contributed by atoms with Crippen LogP contribution in [0.2, 0.25) is 0 Å². The highest BCUT2D eigenvalue weighted by molar-refractivity contribution is 6.01. The third kappa shape index (κ3) is 1.98. The van der Waals surface area contributed by atoms with Crippen molar-refractivity contribution in [2.24, 2.45) is 5.41 Å². The van der Waals surface area contributed by atoms with E-state index in [0.717, 1.165) is 12.0 Å². The molecule has 2 atom stereocenters. The number of hydrogen-bond donors (Lipinski definition) is 1. The van der Waals surface area contributed by atoms with Gasteiger partial charge in [0.25, 0.3) is 5.91 Å². The third-order valence-corrected chi connectivity index (χ3v) is 4.52. The molecule has 0 bridgehead atoms. The maximum Gasteiger partial charge on any atom is 0.319 e. The fraction of sp³-hybridized carbons (Fsp3) is 0.333. The van der Waals surface area contributed by atoms with E-state index in [1.165, 1.54) is 0 Å². The Hall–Kier alpha value is -2.36. The number of carbonyl (C=O) groups is 2. The van der Waals surface area contributed by atoms with Gasteiger partial charge in [0, 0.05) is 17.2 Å². The highest BCUT2D eigenvalue weighted by atomic mass is 16.5. The average Bonchev–Trinajstić information content (AvgIpc) is 2.93. The lowest BCUT2D eigenvalue weighted by atomic mass is 9.64. The zero-order valence-electron chi connectivity index (χ0n) is 12.6. The molecule has 4 nitrogen and oxygen atoms in total. The molecule has 1 heterocycles. The van der Waals surface area contributed by atoms with E-state index >= 15 is 0 Å². The fourth-order valence-electron chi connectivity index (χ4n) is 3.58. The van der Waals surface area contributed by atoms with Crippen molar-refractivity contribution in [2.75, 3.05) is 6.61 Å². The molecule has 1 N–H and O–H groups in total. The van der Waals surface area contributed by atoms with Crippen LogP contribution in [0.25, 0.3) is 0 Å². The number of rotatable bonds is 3. The summed E-state index contributed by atoms with van der Waals surface area (Å²) in [5.41, 5.74) is 1.14. The van der Waals surface area contributed by atoms with Crippen molar-refractivity contribution >= 4 is 11.9 Å². The molecule has 1 aliphatic carbocycles. The third-order valence-electron chi connectivity index (χ3n) is 4.52. The standard InChI is InChI=1S/C18H19NO3/c1-3-22-17(21)18-11-7-10-14(18)19-16(20)12(2)15(18)13-8-5-4-6-9-13/h4-6,8-10,15H,2-3,7,11H2,1H3,(H,19,20)/t15-,18-/m0/s1. The molecule has 0 radical (unpaired) electrons. The van der Waals surface area contributed by atoms with E-state index in [1.54, 1.807) is 6.92 Å². The number of hydrogen-bond acceptors (Lipinski definition) is 3. The van der Waals surface area contributed by atoms with Gasteiger partial charge < -0.3 is 10.1 Å². The number of carbonyl (C=O) groups excluding carboxylic acids is 2. The van der Waals surface area contributed by atoms with E-state index in [2.05, 4.69) is 11.9 Å². The van der Waals surface area contributed by atoms with Crippen molar-refractivity contribution in [3.63, 3.8) is 0 Å². The summed E-state index contributed by atoms with van der Waals surface area (Å²) in [6.07, 6.45) is 3.29. The van der Waals surface area contributed by atoms with E-state index in [9.17, 15) is 9.59 Å². The van der Waals surface area contributed by atoms with Crippen LogP contribution in [0.4, 0.5) is 0 Å². The molecule has 2 aliphatic rings. The normalized spacial score (nSPS) is 27.0. The number of amides is 1. The van der Waals surface area contributed by atoms with Gasteiger partial charge in [0.05, 0.1) is 6.61 Å². The number of esters is 1. The highest BCUT2D eigenvalue weighted by Gasteiger charge is 2.57. The van der Waals surface area contributed by atoms with Gasteiger partial charge in [-0.2, -0.15) is 0 Å². The second-order valence-corrected chi connectivity index (χ2v) is 5.67. The molecule has 1 fully saturated rings. The van der Waals surface area contributed by atoms with Gasteiger partial charge in [-0.25, -0.2) is 0 Å². The first-order chi connectivity index (χ1) is 10.6. The molecule has 1 saturated heterocycles. The molecule has 0 spiro atoms. The zero-order chi connectivity index (χ0) is 15.7. The van der Waals surface area contributed by atoms with Crippen LogP contribution in [0.1, 0.15) is 31.2 Å². The minimum Gasteiger partial charge on any atom is -0.465 e. The van der Waals surface area contributed by atoms with Crippen LogP contribution in [0, 0.1) is 5.41 Å². The van der Waals surface area contributed by atoms with E-state index in [-0.39, 0.29) is 17.8 Å². The van der Waals surface area contributed by atoms with Gasteiger partial charge >= 0.3 is 5.97 Å². The Kier molecular flexibility index (Phi) is 3.61. The van der Waals surface area contributed by atoms with Gasteiger partial charge in [-0.3, -0.25) is 9.59 Å². The number of nitrogens with one attached hydrogen (secondary N) is 1. The first kappa shape index (κ1) is 14.6. The van der Waals surface area contributed by atoms with Crippen molar-refractivity contribution in [3.8, 4) is 0 Å². The Morgan fingerprint density at radius 3 is 2.82 bits per heavy atom. The van der Waals surface area contributed by atoms with Crippen molar-refractivity contribution in [1.82, 2.24) is 5.32 Å². The molecule has 0 unspecified atom stereocenters. The molecule has 114 valence electrons. The molecule has 1 aromatic carbocycles. The van der Waals surface area contributed by atoms with Crippen LogP contribution >= 0.6 is 0 Å². The molecular weight excluding hydrogens is 278 g/mol. The minimum atomic E-state index is -0.859. The lowest BCUT2D eigenvalue weighted by molar-refractivity contribution is -0.155. The van der Waals surface area contributed by atoms with E-state index < -0.39 is 5.41 Å². The van der Waals surface area contributed by atoms with Crippen LogP contribution < -0.4 is 5.32 Å². The van der Waals surface area contributed by atoms with Gasteiger partial charge in [0.2, 0.25) is 0 Å². The Morgan fingerprint density at radius 1 is 1.41 bits per heavy atom. The van der Waals surface area contributed by atoms with Crippen molar-refractivity contribution in [3.05, 3.63) is 59.8 Å². The van der Waals surface area contributed by atoms with Crippen molar-refractivity contribution < 1.29 is 14.3 Å². The summed E-state index contributed by atoms with van der Waals surface area (Å²) in [4.78, 5) is 25.0. The first-order valence-corrected chi connectivity index (χ1v) is 7.54. The summed E-state index contributed by atoms with van der Waals surface area (Å²) in [6, 6.07) is 9.60. The number of allylic oxidation sites excluding steroid dienone is 1. The van der Waals surface area contributed by atoms with Crippen LogP contribution in [0.15, 0.2) is 54.3 Å². The Bertz CT molecular complexity index is 662. The zero-order valence-corrected chi connectivity index (χ0v) is 12.6. The smallest absolute Gasteiger partial charge is 0.319 e.